The number of hydrogen-bond acceptors (Lipinski definition) is 6. The van der Waals surface area contributed by atoms with Gasteiger partial charge < -0.3 is 15.0 Å². The highest BCUT2D eigenvalue weighted by molar-refractivity contribution is 7.14. The summed E-state index contributed by atoms with van der Waals surface area (Å²) < 4.78 is 5.47. The second-order valence-corrected chi connectivity index (χ2v) is 8.60. The van der Waals surface area contributed by atoms with Gasteiger partial charge in [0.05, 0.1) is 6.61 Å². The number of anilines is 2. The van der Waals surface area contributed by atoms with Crippen LogP contribution in [-0.2, 0) is 0 Å². The molecule has 1 aromatic heterocycles. The maximum absolute atomic E-state index is 12.9. The lowest BCUT2D eigenvalue weighted by Crippen LogP contribution is -2.52. The van der Waals surface area contributed by atoms with E-state index in [2.05, 4.69) is 15.2 Å². The Morgan fingerprint density at radius 2 is 1.86 bits per heavy atom. The van der Waals surface area contributed by atoms with E-state index in [1.165, 1.54) is 43.4 Å². The summed E-state index contributed by atoms with van der Waals surface area (Å²) in [7, 11) is 0. The number of nitrogens with zero attached hydrogens (tertiary/aromatic N) is 3. The van der Waals surface area contributed by atoms with Crippen molar-refractivity contribution in [3.63, 3.8) is 0 Å². The second-order valence-electron chi connectivity index (χ2n) is 7.74. The summed E-state index contributed by atoms with van der Waals surface area (Å²) in [5, 5.41) is 5.86. The van der Waals surface area contributed by atoms with Crippen LogP contribution in [-0.4, -0.2) is 59.5 Å². The Kier molecular flexibility index (Phi) is 6.67. The minimum atomic E-state index is 0.0456. The van der Waals surface area contributed by atoms with Gasteiger partial charge in [0.25, 0.3) is 5.91 Å². The number of piperazine rings is 1. The molecule has 1 aliphatic carbocycles. The van der Waals surface area contributed by atoms with Crippen molar-refractivity contribution >= 4 is 28.1 Å². The predicted octanol–water partition coefficient (Wildman–Crippen LogP) is 4.38. The van der Waals surface area contributed by atoms with E-state index < -0.39 is 0 Å². The van der Waals surface area contributed by atoms with E-state index >= 15 is 0 Å². The van der Waals surface area contributed by atoms with Gasteiger partial charge in [0.15, 0.2) is 5.13 Å². The Morgan fingerprint density at radius 1 is 1.14 bits per heavy atom. The Balaban J connectivity index is 1.30. The number of ether oxygens (including phenoxy) is 1. The fourth-order valence-electron chi connectivity index (χ4n) is 4.25. The van der Waals surface area contributed by atoms with E-state index in [9.17, 15) is 4.79 Å². The molecule has 1 aromatic carbocycles. The molecule has 156 valence electrons. The molecule has 6 nitrogen and oxygen atoms in total. The molecular formula is C22H30N4O2S. The molecule has 1 amide bonds. The summed E-state index contributed by atoms with van der Waals surface area (Å²) in [6.07, 6.45) is 6.73. The lowest BCUT2D eigenvalue weighted by Gasteiger charge is -2.40. The van der Waals surface area contributed by atoms with Crippen LogP contribution in [0, 0.1) is 0 Å². The number of rotatable bonds is 6. The van der Waals surface area contributed by atoms with Crippen LogP contribution >= 0.6 is 11.3 Å². The van der Waals surface area contributed by atoms with Gasteiger partial charge in [0.1, 0.15) is 11.4 Å². The maximum Gasteiger partial charge on any atom is 0.273 e. The third-order valence-electron chi connectivity index (χ3n) is 5.83. The number of hydrogen-bond donors (Lipinski definition) is 1. The van der Waals surface area contributed by atoms with E-state index in [0.29, 0.717) is 12.3 Å². The lowest BCUT2D eigenvalue weighted by molar-refractivity contribution is 0.0519. The summed E-state index contributed by atoms with van der Waals surface area (Å²) in [5.41, 5.74) is 1.47. The molecule has 29 heavy (non-hydrogen) atoms. The van der Waals surface area contributed by atoms with Gasteiger partial charge in [-0.2, -0.15) is 0 Å². The van der Waals surface area contributed by atoms with Gasteiger partial charge in [-0.1, -0.05) is 19.3 Å². The Hall–Kier alpha value is -2.12. The first kappa shape index (κ1) is 20.2. The van der Waals surface area contributed by atoms with Crippen LogP contribution in [0.25, 0.3) is 0 Å². The van der Waals surface area contributed by atoms with Crippen LogP contribution in [0.1, 0.15) is 49.5 Å². The van der Waals surface area contributed by atoms with Crippen LogP contribution in [0.2, 0.25) is 0 Å². The Bertz CT molecular complexity index is 793. The fourth-order valence-corrected chi connectivity index (χ4v) is 4.96. The maximum atomic E-state index is 12.9. The molecule has 2 fully saturated rings. The van der Waals surface area contributed by atoms with Crippen LogP contribution < -0.4 is 10.1 Å². The third kappa shape index (κ3) is 5.08. The molecule has 0 atom stereocenters. The normalized spacial score (nSPS) is 18.6. The predicted molar refractivity (Wildman–Crippen MR) is 117 cm³/mol. The third-order valence-corrected chi connectivity index (χ3v) is 6.59. The molecule has 0 radical (unpaired) electrons. The molecule has 7 heteroatoms. The van der Waals surface area contributed by atoms with Gasteiger partial charge >= 0.3 is 0 Å². The van der Waals surface area contributed by atoms with Crippen molar-refractivity contribution in [1.82, 2.24) is 14.8 Å². The molecular weight excluding hydrogens is 384 g/mol. The van der Waals surface area contributed by atoms with E-state index in [-0.39, 0.29) is 5.91 Å². The minimum absolute atomic E-state index is 0.0456. The van der Waals surface area contributed by atoms with Crippen LogP contribution in [0.3, 0.4) is 0 Å². The zero-order chi connectivity index (χ0) is 20.1. The second kappa shape index (κ2) is 9.59. The van der Waals surface area contributed by atoms with Crippen molar-refractivity contribution in [2.75, 3.05) is 38.1 Å². The van der Waals surface area contributed by atoms with Crippen molar-refractivity contribution in [3.05, 3.63) is 35.3 Å². The van der Waals surface area contributed by atoms with E-state index in [1.54, 1.807) is 0 Å². The van der Waals surface area contributed by atoms with Crippen molar-refractivity contribution < 1.29 is 9.53 Å². The van der Waals surface area contributed by atoms with Crippen LogP contribution in [0.5, 0.6) is 5.75 Å². The molecule has 0 unspecified atom stereocenters. The molecule has 1 aliphatic heterocycles. The number of nitrogens with one attached hydrogen (secondary N) is 1. The SMILES string of the molecule is CCOc1ccc(Nc2nc(C(=O)N3CCN(C4CCCCC4)CC3)cs2)cc1. The molecule has 1 N–H and O–H groups in total. The average Bonchev–Trinajstić information content (AvgIpc) is 3.24. The zero-order valence-corrected chi connectivity index (χ0v) is 17.9. The van der Waals surface area contributed by atoms with E-state index in [4.69, 9.17) is 4.74 Å². The van der Waals surface area contributed by atoms with E-state index in [0.717, 1.165) is 48.8 Å². The molecule has 1 saturated carbocycles. The van der Waals surface area contributed by atoms with Crippen molar-refractivity contribution in [3.8, 4) is 5.75 Å². The van der Waals surface area contributed by atoms with Crippen molar-refractivity contribution in [2.24, 2.45) is 0 Å². The van der Waals surface area contributed by atoms with E-state index in [1.807, 2.05) is 41.5 Å². The molecule has 4 rings (SSSR count). The fraction of sp³-hybridized carbons (Fsp3) is 0.545. The van der Waals surface area contributed by atoms with Crippen molar-refractivity contribution in [1.29, 1.82) is 0 Å². The number of benzene rings is 1. The number of carbonyl (C=O) groups is 1. The van der Waals surface area contributed by atoms with Gasteiger partial charge in [-0.15, -0.1) is 11.3 Å². The summed E-state index contributed by atoms with van der Waals surface area (Å²) in [6, 6.07) is 8.50. The highest BCUT2D eigenvalue weighted by Gasteiger charge is 2.28. The summed E-state index contributed by atoms with van der Waals surface area (Å²) in [6.45, 7) is 6.19. The average molecular weight is 415 g/mol. The Labute approximate surface area is 176 Å². The number of carbonyl (C=O) groups excluding carboxylic acids is 1. The molecule has 2 aliphatic rings. The Morgan fingerprint density at radius 3 is 2.55 bits per heavy atom. The van der Waals surface area contributed by atoms with Crippen LogP contribution in [0.4, 0.5) is 10.8 Å². The number of aromatic nitrogens is 1. The standard InChI is InChI=1S/C22H30N4O2S/c1-2-28-19-10-8-17(9-11-19)23-22-24-20(16-29-22)21(27)26-14-12-25(13-15-26)18-6-4-3-5-7-18/h8-11,16,18H,2-7,12-15H2,1H3,(H,23,24). The van der Waals surface area contributed by atoms with Gasteiger partial charge in [-0.3, -0.25) is 9.69 Å². The highest BCUT2D eigenvalue weighted by Crippen LogP contribution is 2.25. The van der Waals surface area contributed by atoms with Gasteiger partial charge in [-0.25, -0.2) is 4.98 Å². The topological polar surface area (TPSA) is 57.7 Å². The summed E-state index contributed by atoms with van der Waals surface area (Å²) >= 11 is 1.46. The molecule has 2 aromatic rings. The zero-order valence-electron chi connectivity index (χ0n) is 17.1. The molecule has 0 spiro atoms. The first-order valence-corrected chi connectivity index (χ1v) is 11.6. The largest absolute Gasteiger partial charge is 0.494 e. The minimum Gasteiger partial charge on any atom is -0.494 e. The summed E-state index contributed by atoms with van der Waals surface area (Å²) in [4.78, 5) is 21.9. The van der Waals surface area contributed by atoms with Gasteiger partial charge in [0, 0.05) is 43.3 Å². The molecule has 1 saturated heterocycles. The number of amides is 1. The number of thiazole rings is 1. The quantitative estimate of drug-likeness (QED) is 0.760. The van der Waals surface area contributed by atoms with Gasteiger partial charge in [0.2, 0.25) is 0 Å². The van der Waals surface area contributed by atoms with Gasteiger partial charge in [-0.05, 0) is 44.0 Å². The first-order chi connectivity index (χ1) is 14.2. The van der Waals surface area contributed by atoms with Crippen LogP contribution in [0.15, 0.2) is 29.6 Å². The lowest BCUT2D eigenvalue weighted by atomic mass is 9.94. The highest BCUT2D eigenvalue weighted by atomic mass is 32.1. The summed E-state index contributed by atoms with van der Waals surface area (Å²) in [5.74, 6) is 0.893. The first-order valence-electron chi connectivity index (χ1n) is 10.7. The molecule has 0 bridgehead atoms. The monoisotopic (exact) mass is 414 g/mol. The van der Waals surface area contributed by atoms with Crippen molar-refractivity contribution in [2.45, 2.75) is 45.1 Å². The molecule has 2 heterocycles. The smallest absolute Gasteiger partial charge is 0.273 e.